The first-order chi connectivity index (χ1) is 14.3. The Balaban J connectivity index is 0.00000450. The van der Waals surface area contributed by atoms with E-state index in [0.29, 0.717) is 19.3 Å². The molecule has 2 N–H and O–H groups in total. The second kappa shape index (κ2) is 16.6. The van der Waals surface area contributed by atoms with Crippen molar-refractivity contribution >= 4 is 29.9 Å². The number of methoxy groups -OCH3 is 2. The molecule has 30 heavy (non-hydrogen) atoms. The van der Waals surface area contributed by atoms with Crippen LogP contribution in [0.5, 0.6) is 5.75 Å². The van der Waals surface area contributed by atoms with Crippen LogP contribution in [-0.2, 0) is 9.47 Å². The van der Waals surface area contributed by atoms with Crippen molar-refractivity contribution in [1.82, 2.24) is 15.5 Å². The van der Waals surface area contributed by atoms with Gasteiger partial charge in [-0.3, -0.25) is 9.89 Å². The molecule has 0 aromatic heterocycles. The third kappa shape index (κ3) is 9.80. The minimum Gasteiger partial charge on any atom is -0.497 e. The highest BCUT2D eigenvalue weighted by Gasteiger charge is 2.23. The zero-order valence-corrected chi connectivity index (χ0v) is 21.0. The number of halogens is 1. The molecule has 2 rings (SSSR count). The summed E-state index contributed by atoms with van der Waals surface area (Å²) in [4.78, 5) is 6.93. The van der Waals surface area contributed by atoms with Gasteiger partial charge in [-0.2, -0.15) is 0 Å². The van der Waals surface area contributed by atoms with Crippen LogP contribution in [-0.4, -0.2) is 78.1 Å². The van der Waals surface area contributed by atoms with Crippen LogP contribution in [0.3, 0.4) is 0 Å². The van der Waals surface area contributed by atoms with Crippen LogP contribution in [0.25, 0.3) is 0 Å². The van der Waals surface area contributed by atoms with Gasteiger partial charge >= 0.3 is 0 Å². The molecule has 1 heterocycles. The summed E-state index contributed by atoms with van der Waals surface area (Å²) in [7, 11) is 5.21. The van der Waals surface area contributed by atoms with Crippen molar-refractivity contribution in [2.24, 2.45) is 4.99 Å². The minimum absolute atomic E-state index is 0. The van der Waals surface area contributed by atoms with Gasteiger partial charge < -0.3 is 24.8 Å². The highest BCUT2D eigenvalue weighted by Crippen LogP contribution is 2.26. The smallest absolute Gasteiger partial charge is 0.191 e. The molecule has 0 amide bonds. The first kappa shape index (κ1) is 26.9. The number of unbranched alkanes of at least 4 members (excludes halogenated alkanes) is 1. The van der Waals surface area contributed by atoms with E-state index in [1.54, 1.807) is 14.2 Å². The molecule has 0 radical (unpaired) electrons. The summed E-state index contributed by atoms with van der Waals surface area (Å²) in [6, 6.07) is 8.75. The van der Waals surface area contributed by atoms with Crippen molar-refractivity contribution in [3.8, 4) is 5.75 Å². The Morgan fingerprint density at radius 2 is 1.77 bits per heavy atom. The van der Waals surface area contributed by atoms with E-state index in [0.717, 1.165) is 57.3 Å². The Kier molecular flexibility index (Phi) is 14.9. The Morgan fingerprint density at radius 1 is 1.03 bits per heavy atom. The maximum absolute atomic E-state index is 5.50. The van der Waals surface area contributed by atoms with E-state index in [2.05, 4.69) is 32.7 Å². The third-order valence-electron chi connectivity index (χ3n) is 5.21. The molecule has 1 fully saturated rings. The van der Waals surface area contributed by atoms with E-state index in [9.17, 15) is 0 Å². The first-order valence-corrected chi connectivity index (χ1v) is 10.7. The molecule has 1 aliphatic heterocycles. The lowest BCUT2D eigenvalue weighted by Crippen LogP contribution is -2.43. The molecule has 1 unspecified atom stereocenters. The first-order valence-electron chi connectivity index (χ1n) is 10.7. The minimum atomic E-state index is 0. The Morgan fingerprint density at radius 3 is 2.40 bits per heavy atom. The van der Waals surface area contributed by atoms with Crippen molar-refractivity contribution < 1.29 is 14.2 Å². The quantitative estimate of drug-likeness (QED) is 0.176. The SMILES string of the molecule is CN=C(NCCCCOCCOC)NCC(c1ccc(OC)cc1)N1CCCC1.I. The summed E-state index contributed by atoms with van der Waals surface area (Å²) in [5, 5.41) is 6.92. The second-order valence-electron chi connectivity index (χ2n) is 7.22. The van der Waals surface area contributed by atoms with Crippen LogP contribution in [0.1, 0.15) is 37.3 Å². The average molecular weight is 534 g/mol. The van der Waals surface area contributed by atoms with Gasteiger partial charge in [-0.15, -0.1) is 24.0 Å². The summed E-state index contributed by atoms with van der Waals surface area (Å²) in [6.45, 7) is 6.08. The predicted molar refractivity (Wildman–Crippen MR) is 133 cm³/mol. The van der Waals surface area contributed by atoms with E-state index in [4.69, 9.17) is 14.2 Å². The van der Waals surface area contributed by atoms with E-state index in [-0.39, 0.29) is 24.0 Å². The van der Waals surface area contributed by atoms with Gasteiger partial charge in [-0.1, -0.05) is 12.1 Å². The van der Waals surface area contributed by atoms with Gasteiger partial charge in [-0.25, -0.2) is 0 Å². The standard InChI is InChI=1S/C22H38N4O3.HI/c1-23-22(24-12-4-7-15-29-17-16-27-2)25-18-21(26-13-5-6-14-26)19-8-10-20(28-3)11-9-19;/h8-11,21H,4-7,12-18H2,1-3H3,(H2,23,24,25);1H. The molecule has 1 aromatic carbocycles. The number of aliphatic imine (C=N–C) groups is 1. The number of likely N-dealkylation sites (tertiary alicyclic amines) is 1. The van der Waals surface area contributed by atoms with E-state index in [1.807, 2.05) is 19.2 Å². The van der Waals surface area contributed by atoms with E-state index < -0.39 is 0 Å². The number of ether oxygens (including phenoxy) is 3. The molecule has 0 aliphatic carbocycles. The maximum atomic E-state index is 5.50. The molecule has 0 saturated carbocycles. The second-order valence-corrected chi connectivity index (χ2v) is 7.22. The number of benzene rings is 1. The van der Waals surface area contributed by atoms with Crippen molar-refractivity contribution in [1.29, 1.82) is 0 Å². The van der Waals surface area contributed by atoms with E-state index >= 15 is 0 Å². The molecule has 1 aromatic rings. The Hall–Kier alpha value is -1.10. The molecular formula is C22H39IN4O3. The topological polar surface area (TPSA) is 67.4 Å². The van der Waals surface area contributed by atoms with Crippen molar-refractivity contribution in [2.45, 2.75) is 31.7 Å². The molecule has 1 aliphatic rings. The molecule has 1 saturated heterocycles. The lowest BCUT2D eigenvalue weighted by molar-refractivity contribution is 0.0689. The highest BCUT2D eigenvalue weighted by molar-refractivity contribution is 14.0. The summed E-state index contributed by atoms with van der Waals surface area (Å²) in [6.07, 6.45) is 4.61. The molecular weight excluding hydrogens is 495 g/mol. The number of nitrogens with zero attached hydrogens (tertiary/aromatic N) is 2. The summed E-state index contributed by atoms with van der Waals surface area (Å²) < 4.78 is 15.8. The lowest BCUT2D eigenvalue weighted by Gasteiger charge is -2.29. The van der Waals surface area contributed by atoms with E-state index in [1.165, 1.54) is 18.4 Å². The molecule has 1 atom stereocenters. The zero-order valence-electron chi connectivity index (χ0n) is 18.7. The van der Waals surface area contributed by atoms with Gasteiger partial charge in [-0.05, 0) is 56.5 Å². The van der Waals surface area contributed by atoms with Crippen LogP contribution in [0, 0.1) is 0 Å². The van der Waals surface area contributed by atoms with Crippen LogP contribution in [0.15, 0.2) is 29.3 Å². The largest absolute Gasteiger partial charge is 0.497 e. The third-order valence-corrected chi connectivity index (χ3v) is 5.21. The van der Waals surface area contributed by atoms with Crippen LogP contribution in [0.4, 0.5) is 0 Å². The fraction of sp³-hybridized carbons (Fsp3) is 0.682. The van der Waals surface area contributed by atoms with Gasteiger partial charge in [0.15, 0.2) is 5.96 Å². The molecule has 7 nitrogen and oxygen atoms in total. The lowest BCUT2D eigenvalue weighted by atomic mass is 10.1. The number of guanidine groups is 1. The van der Waals surface area contributed by atoms with Gasteiger partial charge in [0, 0.05) is 33.9 Å². The fourth-order valence-electron chi connectivity index (χ4n) is 3.53. The van der Waals surface area contributed by atoms with Crippen molar-refractivity contribution in [2.75, 3.05) is 67.3 Å². The number of rotatable bonds is 13. The van der Waals surface area contributed by atoms with Gasteiger partial charge in [0.25, 0.3) is 0 Å². The summed E-state index contributed by atoms with van der Waals surface area (Å²) in [5.41, 5.74) is 1.31. The summed E-state index contributed by atoms with van der Waals surface area (Å²) in [5.74, 6) is 1.74. The average Bonchev–Trinajstić information content (AvgIpc) is 3.29. The highest BCUT2D eigenvalue weighted by atomic mass is 127. The van der Waals surface area contributed by atoms with Crippen LogP contribution in [0.2, 0.25) is 0 Å². The predicted octanol–water partition coefficient (Wildman–Crippen LogP) is 3.06. The van der Waals surface area contributed by atoms with Gasteiger partial charge in [0.1, 0.15) is 5.75 Å². The van der Waals surface area contributed by atoms with Gasteiger partial charge in [0.2, 0.25) is 0 Å². The fourth-order valence-corrected chi connectivity index (χ4v) is 3.53. The van der Waals surface area contributed by atoms with Crippen molar-refractivity contribution in [3.05, 3.63) is 29.8 Å². The molecule has 8 heteroatoms. The van der Waals surface area contributed by atoms with Gasteiger partial charge in [0.05, 0.1) is 26.4 Å². The Labute approximate surface area is 199 Å². The number of hydrogen-bond acceptors (Lipinski definition) is 5. The number of nitrogens with one attached hydrogen (secondary N) is 2. The number of hydrogen-bond donors (Lipinski definition) is 2. The monoisotopic (exact) mass is 534 g/mol. The Bertz CT molecular complexity index is 580. The molecule has 0 spiro atoms. The van der Waals surface area contributed by atoms with Crippen molar-refractivity contribution in [3.63, 3.8) is 0 Å². The molecule has 0 bridgehead atoms. The maximum Gasteiger partial charge on any atom is 0.191 e. The zero-order chi connectivity index (χ0) is 20.7. The van der Waals surface area contributed by atoms with Crippen LogP contribution >= 0.6 is 24.0 Å². The normalized spacial score (nSPS) is 15.5. The van der Waals surface area contributed by atoms with Crippen LogP contribution < -0.4 is 15.4 Å². The molecule has 172 valence electrons. The summed E-state index contributed by atoms with van der Waals surface area (Å²) >= 11 is 0.